The van der Waals surface area contributed by atoms with Gasteiger partial charge in [0, 0.05) is 17.3 Å². The molecular formula is C19H21N3O7S. The van der Waals surface area contributed by atoms with E-state index >= 15 is 0 Å². The zero-order valence-corrected chi connectivity index (χ0v) is 17.3. The number of aryl methyl sites for hydroxylation is 1. The summed E-state index contributed by atoms with van der Waals surface area (Å²) in [5.74, 6) is -3.08. The lowest BCUT2D eigenvalue weighted by molar-refractivity contribution is -0.385. The number of sulfone groups is 1. The highest BCUT2D eigenvalue weighted by Gasteiger charge is 2.33. The number of anilines is 1. The number of carboxylic acid groups (broad SMARTS) is 1. The highest BCUT2D eigenvalue weighted by atomic mass is 32.2. The minimum atomic E-state index is -3.83. The van der Waals surface area contributed by atoms with Crippen LogP contribution in [0.15, 0.2) is 41.3 Å². The van der Waals surface area contributed by atoms with Crippen molar-refractivity contribution in [2.45, 2.75) is 31.2 Å². The topological polar surface area (TPSA) is 170 Å². The van der Waals surface area contributed by atoms with Crippen molar-refractivity contribution in [1.29, 1.82) is 0 Å². The summed E-state index contributed by atoms with van der Waals surface area (Å²) in [5, 5.41) is 22.9. The summed E-state index contributed by atoms with van der Waals surface area (Å²) in [6, 6.07) is 7.53. The van der Waals surface area contributed by atoms with Crippen LogP contribution in [0.2, 0.25) is 0 Å². The Balaban J connectivity index is 2.34. The Morgan fingerprint density at radius 2 is 1.87 bits per heavy atom. The van der Waals surface area contributed by atoms with E-state index in [0.29, 0.717) is 11.3 Å². The van der Waals surface area contributed by atoms with E-state index < -0.39 is 54.7 Å². The third-order valence-electron chi connectivity index (χ3n) is 4.30. The summed E-state index contributed by atoms with van der Waals surface area (Å²) in [6.07, 6.45) is 0. The zero-order chi connectivity index (χ0) is 22.9. The number of rotatable bonds is 7. The fourth-order valence-corrected chi connectivity index (χ4v) is 4.74. The molecule has 30 heavy (non-hydrogen) atoms. The molecule has 0 saturated carbocycles. The fraction of sp³-hybridized carbons (Fsp3) is 0.263. The number of benzene rings is 2. The highest BCUT2D eigenvalue weighted by molar-refractivity contribution is 7.91. The Labute approximate surface area is 172 Å². The van der Waals surface area contributed by atoms with E-state index in [4.69, 9.17) is 5.73 Å². The number of hydrogen-bond acceptors (Lipinski definition) is 7. The smallest absolute Gasteiger partial charge is 0.343 e. The molecule has 0 aliphatic heterocycles. The van der Waals surface area contributed by atoms with Crippen LogP contribution in [0, 0.1) is 17.0 Å². The quantitative estimate of drug-likeness (QED) is 0.337. The Morgan fingerprint density at radius 3 is 2.40 bits per heavy atom. The molecule has 0 fully saturated rings. The highest BCUT2D eigenvalue weighted by Crippen LogP contribution is 2.24. The second-order valence-corrected chi connectivity index (χ2v) is 9.37. The Kier molecular flexibility index (Phi) is 6.17. The van der Waals surface area contributed by atoms with E-state index in [1.54, 1.807) is 6.92 Å². The van der Waals surface area contributed by atoms with Gasteiger partial charge in [0.1, 0.15) is 5.56 Å². The van der Waals surface area contributed by atoms with Crippen LogP contribution in [-0.2, 0) is 9.84 Å². The van der Waals surface area contributed by atoms with Gasteiger partial charge in [0.25, 0.3) is 11.6 Å². The van der Waals surface area contributed by atoms with Crippen molar-refractivity contribution in [1.82, 2.24) is 5.32 Å². The van der Waals surface area contributed by atoms with Gasteiger partial charge in [0.2, 0.25) is 0 Å². The molecule has 0 aliphatic carbocycles. The molecule has 0 radical (unpaired) electrons. The summed E-state index contributed by atoms with van der Waals surface area (Å²) in [7, 11) is -3.83. The predicted octanol–water partition coefficient (Wildman–Crippen LogP) is 2.17. The van der Waals surface area contributed by atoms with Crippen molar-refractivity contribution >= 4 is 33.1 Å². The van der Waals surface area contributed by atoms with Gasteiger partial charge in [0.15, 0.2) is 9.84 Å². The van der Waals surface area contributed by atoms with Crippen LogP contribution < -0.4 is 11.1 Å². The first-order chi connectivity index (χ1) is 13.7. The molecule has 10 nitrogen and oxygen atoms in total. The number of nitrogens with one attached hydrogen (secondary N) is 1. The Hall–Kier alpha value is -3.47. The number of nitrogens with two attached hydrogens (primary N) is 1. The van der Waals surface area contributed by atoms with Crippen LogP contribution in [0.1, 0.15) is 40.1 Å². The summed E-state index contributed by atoms with van der Waals surface area (Å²) < 4.78 is 25.5. The number of carbonyl (C=O) groups is 2. The van der Waals surface area contributed by atoms with Gasteiger partial charge in [-0.05, 0) is 50.6 Å². The van der Waals surface area contributed by atoms with Gasteiger partial charge < -0.3 is 16.2 Å². The SMILES string of the molecule is Cc1cc(S(=O)(=O)CC(C)(C)NC(=O)c2cccc([N+](=O)[O-])c2C(=O)O)ccc1N. The lowest BCUT2D eigenvalue weighted by atomic mass is 10.0. The van der Waals surface area contributed by atoms with Crippen molar-refractivity contribution in [2.24, 2.45) is 0 Å². The van der Waals surface area contributed by atoms with Gasteiger partial charge >= 0.3 is 5.97 Å². The molecule has 160 valence electrons. The summed E-state index contributed by atoms with van der Waals surface area (Å²) >= 11 is 0. The minimum absolute atomic E-state index is 0.0260. The monoisotopic (exact) mass is 435 g/mol. The standard InChI is InChI=1S/C19H21N3O7S/c1-11-9-12(7-8-14(11)20)30(28,29)10-19(2,3)21-17(23)13-5-4-6-15(22(26)27)16(13)18(24)25/h4-9H,10,20H2,1-3H3,(H,21,23)(H,24,25). The molecule has 0 bridgehead atoms. The van der Waals surface area contributed by atoms with Crippen LogP contribution in [0.4, 0.5) is 11.4 Å². The normalized spacial score (nSPS) is 11.7. The number of nitro benzene ring substituents is 1. The summed E-state index contributed by atoms with van der Waals surface area (Å²) in [4.78, 5) is 34.4. The largest absolute Gasteiger partial charge is 0.477 e. The van der Waals surface area contributed by atoms with Crippen LogP contribution in [-0.4, -0.2) is 41.6 Å². The molecule has 4 N–H and O–H groups in total. The second kappa shape index (κ2) is 8.11. The minimum Gasteiger partial charge on any atom is -0.477 e. The van der Waals surface area contributed by atoms with Crippen molar-refractivity contribution in [2.75, 3.05) is 11.5 Å². The van der Waals surface area contributed by atoms with Crippen LogP contribution >= 0.6 is 0 Å². The molecule has 2 aromatic carbocycles. The number of carboxylic acids is 1. The number of carbonyl (C=O) groups excluding carboxylic acids is 1. The van der Waals surface area contributed by atoms with E-state index in [1.165, 1.54) is 38.1 Å². The van der Waals surface area contributed by atoms with Gasteiger partial charge in [-0.1, -0.05) is 6.07 Å². The fourth-order valence-electron chi connectivity index (χ4n) is 2.92. The number of nitrogen functional groups attached to an aromatic ring is 1. The lowest BCUT2D eigenvalue weighted by Gasteiger charge is -2.26. The van der Waals surface area contributed by atoms with Crippen molar-refractivity contribution in [3.8, 4) is 0 Å². The molecule has 0 heterocycles. The molecule has 0 aliphatic rings. The zero-order valence-electron chi connectivity index (χ0n) is 16.5. The Morgan fingerprint density at radius 1 is 1.23 bits per heavy atom. The molecule has 2 rings (SSSR count). The maximum Gasteiger partial charge on any atom is 0.343 e. The average Bonchev–Trinajstić information content (AvgIpc) is 2.61. The molecule has 2 aromatic rings. The second-order valence-electron chi connectivity index (χ2n) is 7.38. The van der Waals surface area contributed by atoms with Gasteiger partial charge in [-0.3, -0.25) is 14.9 Å². The van der Waals surface area contributed by atoms with E-state index in [-0.39, 0.29) is 4.90 Å². The van der Waals surface area contributed by atoms with Crippen LogP contribution in [0.3, 0.4) is 0 Å². The third-order valence-corrected chi connectivity index (χ3v) is 6.37. The lowest BCUT2D eigenvalue weighted by Crippen LogP contribution is -2.48. The third kappa shape index (κ3) is 4.92. The first kappa shape index (κ1) is 22.8. The number of hydrogen-bond donors (Lipinski definition) is 3. The first-order valence-electron chi connectivity index (χ1n) is 8.67. The van der Waals surface area contributed by atoms with Gasteiger partial charge in [-0.25, -0.2) is 13.2 Å². The molecule has 1 amide bonds. The molecule has 0 atom stereocenters. The summed E-state index contributed by atoms with van der Waals surface area (Å²) in [6.45, 7) is 4.56. The molecule has 0 aromatic heterocycles. The number of nitro groups is 1. The molecule has 0 saturated heterocycles. The molecular weight excluding hydrogens is 414 g/mol. The van der Waals surface area contributed by atoms with Crippen molar-refractivity contribution in [3.63, 3.8) is 0 Å². The number of nitrogens with zero attached hydrogens (tertiary/aromatic N) is 1. The average molecular weight is 435 g/mol. The first-order valence-corrected chi connectivity index (χ1v) is 10.3. The predicted molar refractivity (Wildman–Crippen MR) is 109 cm³/mol. The van der Waals surface area contributed by atoms with Gasteiger partial charge in [-0.15, -0.1) is 0 Å². The van der Waals surface area contributed by atoms with Crippen LogP contribution in [0.5, 0.6) is 0 Å². The van der Waals surface area contributed by atoms with Gasteiger partial charge in [0.05, 0.1) is 21.1 Å². The molecule has 0 unspecified atom stereocenters. The van der Waals surface area contributed by atoms with E-state index in [0.717, 1.165) is 12.1 Å². The van der Waals surface area contributed by atoms with Gasteiger partial charge in [-0.2, -0.15) is 0 Å². The summed E-state index contributed by atoms with van der Waals surface area (Å²) in [5.41, 5.74) is 3.47. The van der Waals surface area contributed by atoms with Crippen LogP contribution in [0.25, 0.3) is 0 Å². The van der Waals surface area contributed by atoms with E-state index in [9.17, 15) is 33.2 Å². The maximum atomic E-state index is 12.8. The maximum absolute atomic E-state index is 12.8. The number of amides is 1. The van der Waals surface area contributed by atoms with E-state index in [2.05, 4.69) is 5.32 Å². The van der Waals surface area contributed by atoms with Crippen molar-refractivity contribution in [3.05, 3.63) is 63.2 Å². The van der Waals surface area contributed by atoms with Crippen molar-refractivity contribution < 1.29 is 28.0 Å². The Bertz CT molecular complexity index is 1140. The number of aromatic carboxylic acids is 1. The molecule has 11 heteroatoms. The van der Waals surface area contributed by atoms with E-state index in [1.807, 2.05) is 0 Å². The molecule has 0 spiro atoms.